The molecule has 5 rings (SSSR count). The van der Waals surface area contributed by atoms with Crippen molar-refractivity contribution in [2.75, 3.05) is 18.7 Å². The van der Waals surface area contributed by atoms with E-state index in [4.69, 9.17) is 4.74 Å². The Balaban J connectivity index is 1.20. The van der Waals surface area contributed by atoms with Crippen molar-refractivity contribution < 1.29 is 18.7 Å². The van der Waals surface area contributed by atoms with Gasteiger partial charge in [0.2, 0.25) is 0 Å². The molecule has 1 N–H and O–H groups in total. The van der Waals surface area contributed by atoms with Gasteiger partial charge in [-0.2, -0.15) is 10.1 Å². The van der Waals surface area contributed by atoms with Crippen molar-refractivity contribution in [3.05, 3.63) is 106 Å². The molecule has 7 nitrogen and oxygen atoms in total. The van der Waals surface area contributed by atoms with Crippen LogP contribution in [0.3, 0.4) is 0 Å². The second kappa shape index (κ2) is 10.5. The number of carbonyl (C=O) groups is 2. The van der Waals surface area contributed by atoms with Crippen LogP contribution < -0.4 is 15.1 Å². The van der Waals surface area contributed by atoms with Crippen LogP contribution in [0.15, 0.2) is 77.5 Å². The van der Waals surface area contributed by atoms with Gasteiger partial charge in [-0.1, -0.05) is 24.3 Å². The summed E-state index contributed by atoms with van der Waals surface area (Å²) in [6.45, 7) is 5.39. The number of hydrogen-bond acceptors (Lipinski definition) is 5. The lowest BCUT2D eigenvalue weighted by Crippen LogP contribution is -2.29. The standard InChI is InChI=1S/C30H29FN4O3/c1-19-15-24(9-10-26(19)31)35-30(37)25-18-34(13-12-27(25)33-35)17-21-4-7-23(8-5-21)29(36)32-16-22-6-11-28(38-3)20(2)14-22/h4-11,14-15,18H,12-13,16-17H2,1-3H3,(H,32,36). The minimum absolute atomic E-state index is 0.140. The molecule has 0 atom stereocenters. The molecule has 3 aromatic rings. The molecule has 0 aromatic heterocycles. The summed E-state index contributed by atoms with van der Waals surface area (Å²) in [6.07, 6.45) is 2.48. The zero-order valence-corrected chi connectivity index (χ0v) is 21.6. The van der Waals surface area contributed by atoms with Crippen molar-refractivity contribution in [1.29, 1.82) is 0 Å². The third kappa shape index (κ3) is 5.16. The van der Waals surface area contributed by atoms with E-state index in [1.54, 1.807) is 26.2 Å². The summed E-state index contributed by atoms with van der Waals surface area (Å²) in [5, 5.41) is 8.79. The largest absolute Gasteiger partial charge is 0.496 e. The summed E-state index contributed by atoms with van der Waals surface area (Å²) in [5.41, 5.74) is 5.96. The minimum atomic E-state index is -0.313. The lowest BCUT2D eigenvalue weighted by Gasteiger charge is -2.25. The number of fused-ring (bicyclic) bond motifs is 1. The Morgan fingerprint density at radius 1 is 1.03 bits per heavy atom. The quantitative estimate of drug-likeness (QED) is 0.490. The predicted octanol–water partition coefficient (Wildman–Crippen LogP) is 4.87. The second-order valence-corrected chi connectivity index (χ2v) is 9.54. The Hall–Kier alpha value is -4.46. The number of nitrogens with one attached hydrogen (secondary N) is 1. The maximum Gasteiger partial charge on any atom is 0.282 e. The van der Waals surface area contributed by atoms with Crippen molar-refractivity contribution in [3.63, 3.8) is 0 Å². The monoisotopic (exact) mass is 512 g/mol. The molecule has 2 heterocycles. The summed E-state index contributed by atoms with van der Waals surface area (Å²) in [7, 11) is 1.64. The van der Waals surface area contributed by atoms with Gasteiger partial charge in [-0.3, -0.25) is 9.59 Å². The van der Waals surface area contributed by atoms with Crippen molar-refractivity contribution >= 4 is 23.2 Å². The molecule has 8 heteroatoms. The van der Waals surface area contributed by atoms with Gasteiger partial charge in [0.25, 0.3) is 11.8 Å². The van der Waals surface area contributed by atoms with E-state index in [0.29, 0.717) is 41.9 Å². The molecule has 0 fully saturated rings. The smallest absolute Gasteiger partial charge is 0.282 e. The molecule has 0 bridgehead atoms. The lowest BCUT2D eigenvalue weighted by molar-refractivity contribution is -0.114. The zero-order valence-electron chi connectivity index (χ0n) is 21.6. The Bertz CT molecular complexity index is 1460. The molecule has 0 saturated heterocycles. The Labute approximate surface area is 221 Å². The molecule has 2 amide bonds. The number of anilines is 1. The first-order chi connectivity index (χ1) is 18.3. The van der Waals surface area contributed by atoms with Gasteiger partial charge in [-0.25, -0.2) is 4.39 Å². The van der Waals surface area contributed by atoms with Crippen LogP contribution in [0.5, 0.6) is 5.75 Å². The molecule has 2 aliphatic rings. The first-order valence-electron chi connectivity index (χ1n) is 12.5. The number of aryl methyl sites for hydroxylation is 2. The van der Waals surface area contributed by atoms with Crippen molar-refractivity contribution in [2.45, 2.75) is 33.4 Å². The fourth-order valence-corrected chi connectivity index (χ4v) is 4.66. The number of rotatable bonds is 7. The molecule has 2 aliphatic heterocycles. The Morgan fingerprint density at radius 3 is 2.50 bits per heavy atom. The molecule has 0 saturated carbocycles. The van der Waals surface area contributed by atoms with E-state index < -0.39 is 0 Å². The van der Waals surface area contributed by atoms with Gasteiger partial charge in [-0.15, -0.1) is 0 Å². The third-order valence-corrected chi connectivity index (χ3v) is 6.80. The summed E-state index contributed by atoms with van der Waals surface area (Å²) < 4.78 is 19.0. The van der Waals surface area contributed by atoms with Crippen LogP contribution in [0.4, 0.5) is 10.1 Å². The molecule has 0 radical (unpaired) electrons. The number of methoxy groups -OCH3 is 1. The topological polar surface area (TPSA) is 74.2 Å². The van der Waals surface area contributed by atoms with Crippen LogP contribution in [-0.2, 0) is 17.9 Å². The van der Waals surface area contributed by atoms with E-state index in [1.807, 2.05) is 55.6 Å². The minimum Gasteiger partial charge on any atom is -0.496 e. The van der Waals surface area contributed by atoms with Gasteiger partial charge in [0, 0.05) is 37.8 Å². The van der Waals surface area contributed by atoms with Gasteiger partial charge >= 0.3 is 0 Å². The van der Waals surface area contributed by atoms with Crippen LogP contribution in [0, 0.1) is 19.7 Å². The molecular formula is C30H29FN4O3. The van der Waals surface area contributed by atoms with Crippen molar-refractivity contribution in [2.24, 2.45) is 5.10 Å². The van der Waals surface area contributed by atoms with Gasteiger partial charge < -0.3 is 15.0 Å². The molecule has 0 unspecified atom stereocenters. The highest BCUT2D eigenvalue weighted by molar-refractivity contribution is 6.30. The van der Waals surface area contributed by atoms with Gasteiger partial charge in [0.15, 0.2) is 0 Å². The second-order valence-electron chi connectivity index (χ2n) is 9.54. The van der Waals surface area contributed by atoms with Crippen molar-refractivity contribution in [3.8, 4) is 5.75 Å². The molecular weight excluding hydrogens is 483 g/mol. The fraction of sp³-hybridized carbons (Fsp3) is 0.233. The summed E-state index contributed by atoms with van der Waals surface area (Å²) in [5.74, 6) is 0.154. The van der Waals surface area contributed by atoms with Crippen LogP contribution in [0.1, 0.15) is 39.0 Å². The van der Waals surface area contributed by atoms with E-state index in [1.165, 1.54) is 11.1 Å². The average molecular weight is 513 g/mol. The summed E-state index contributed by atoms with van der Waals surface area (Å²) >= 11 is 0. The number of ether oxygens (including phenoxy) is 1. The number of nitrogens with zero attached hydrogens (tertiary/aromatic N) is 3. The molecule has 0 aliphatic carbocycles. The number of halogens is 1. The van der Waals surface area contributed by atoms with Crippen LogP contribution in [0.25, 0.3) is 0 Å². The Kier molecular flexibility index (Phi) is 6.96. The highest BCUT2D eigenvalue weighted by Gasteiger charge is 2.34. The molecule has 38 heavy (non-hydrogen) atoms. The van der Waals surface area contributed by atoms with Gasteiger partial charge in [0.05, 0.1) is 24.1 Å². The predicted molar refractivity (Wildman–Crippen MR) is 145 cm³/mol. The van der Waals surface area contributed by atoms with Gasteiger partial charge in [0.1, 0.15) is 11.6 Å². The van der Waals surface area contributed by atoms with Gasteiger partial charge in [-0.05, 0) is 72.5 Å². The molecule has 3 aromatic carbocycles. The number of amides is 2. The van der Waals surface area contributed by atoms with E-state index in [-0.39, 0.29) is 17.6 Å². The Morgan fingerprint density at radius 2 is 1.79 bits per heavy atom. The molecule has 194 valence electrons. The van der Waals surface area contributed by atoms with Crippen LogP contribution >= 0.6 is 0 Å². The number of carbonyl (C=O) groups excluding carboxylic acids is 2. The van der Waals surface area contributed by atoms with Crippen LogP contribution in [-0.4, -0.2) is 36.1 Å². The normalized spacial score (nSPS) is 14.7. The average Bonchev–Trinajstić information content (AvgIpc) is 3.25. The maximum atomic E-state index is 13.7. The van der Waals surface area contributed by atoms with Crippen LogP contribution in [0.2, 0.25) is 0 Å². The fourth-order valence-electron chi connectivity index (χ4n) is 4.66. The highest BCUT2D eigenvalue weighted by atomic mass is 19.1. The SMILES string of the molecule is COc1ccc(CNC(=O)c2ccc(CN3C=C4C(=O)N(c5ccc(F)c(C)c5)N=C4CC3)cc2)cc1C. The maximum absolute atomic E-state index is 13.7. The van der Waals surface area contributed by atoms with E-state index in [2.05, 4.69) is 15.3 Å². The summed E-state index contributed by atoms with van der Waals surface area (Å²) in [6, 6.07) is 17.9. The number of benzene rings is 3. The lowest BCUT2D eigenvalue weighted by atomic mass is 10.0. The van der Waals surface area contributed by atoms with E-state index >= 15 is 0 Å². The van der Waals surface area contributed by atoms with E-state index in [0.717, 1.165) is 34.7 Å². The zero-order chi connectivity index (χ0) is 26.8. The number of hydrazone groups is 1. The summed E-state index contributed by atoms with van der Waals surface area (Å²) in [4.78, 5) is 27.8. The van der Waals surface area contributed by atoms with Crippen molar-refractivity contribution in [1.82, 2.24) is 10.2 Å². The first kappa shape index (κ1) is 25.2. The van der Waals surface area contributed by atoms with E-state index in [9.17, 15) is 14.0 Å². The number of hydrogen-bond donors (Lipinski definition) is 1. The molecule has 0 spiro atoms. The third-order valence-electron chi connectivity index (χ3n) is 6.80. The highest BCUT2D eigenvalue weighted by Crippen LogP contribution is 2.29. The first-order valence-corrected chi connectivity index (χ1v) is 12.5.